The Morgan fingerprint density at radius 1 is 1.13 bits per heavy atom. The lowest BCUT2D eigenvalue weighted by Gasteiger charge is -2.20. The van der Waals surface area contributed by atoms with Crippen LogP contribution in [0.5, 0.6) is 28.7 Å². The van der Waals surface area contributed by atoms with Gasteiger partial charge in [-0.05, 0) is 19.1 Å². The third-order valence-electron chi connectivity index (χ3n) is 4.33. The summed E-state index contributed by atoms with van der Waals surface area (Å²) in [6.45, 7) is 1.35. The second kappa shape index (κ2) is 8.06. The molecule has 1 aliphatic heterocycles. The van der Waals surface area contributed by atoms with Gasteiger partial charge in [-0.15, -0.1) is 11.3 Å². The third-order valence-corrected chi connectivity index (χ3v) is 5.40. The molecule has 0 bridgehead atoms. The number of methoxy groups -OCH3 is 2. The minimum atomic E-state index is -4.23. The first-order valence-electron chi connectivity index (χ1n) is 9.07. The van der Waals surface area contributed by atoms with Crippen LogP contribution in [0.1, 0.15) is 6.92 Å². The van der Waals surface area contributed by atoms with Gasteiger partial charge < -0.3 is 28.4 Å². The number of carbonyl (C=O) groups is 1. The molecule has 3 aromatic rings. The molecular weight excluding hydrogens is 436 g/mol. The van der Waals surface area contributed by atoms with Crippen molar-refractivity contribution in [1.82, 2.24) is 4.98 Å². The SMILES string of the molecule is CCOC(=O)C(F)(F)Oc1c(OC)cc(-c2nc3cc4c(cc3s2)OCO4)cc1OC. The second-order valence-electron chi connectivity index (χ2n) is 6.24. The summed E-state index contributed by atoms with van der Waals surface area (Å²) in [5, 5.41) is 0.582. The van der Waals surface area contributed by atoms with Crippen LogP contribution in [-0.2, 0) is 9.53 Å². The monoisotopic (exact) mass is 453 g/mol. The van der Waals surface area contributed by atoms with E-state index < -0.39 is 17.8 Å². The average Bonchev–Trinajstić information content (AvgIpc) is 3.37. The van der Waals surface area contributed by atoms with E-state index in [4.69, 9.17) is 18.9 Å². The lowest BCUT2D eigenvalue weighted by molar-refractivity contribution is -0.216. The molecule has 164 valence electrons. The van der Waals surface area contributed by atoms with Crippen molar-refractivity contribution in [3.63, 3.8) is 0 Å². The quantitative estimate of drug-likeness (QED) is 0.491. The Kier molecular flexibility index (Phi) is 5.44. The van der Waals surface area contributed by atoms with E-state index >= 15 is 0 Å². The van der Waals surface area contributed by atoms with Gasteiger partial charge in [-0.2, -0.15) is 8.78 Å². The van der Waals surface area contributed by atoms with Crippen molar-refractivity contribution in [2.45, 2.75) is 13.0 Å². The van der Waals surface area contributed by atoms with E-state index in [0.29, 0.717) is 27.6 Å². The maximum absolute atomic E-state index is 14.2. The number of alkyl halides is 2. The summed E-state index contributed by atoms with van der Waals surface area (Å²) in [5.74, 6) is -1.15. The van der Waals surface area contributed by atoms with Gasteiger partial charge in [-0.1, -0.05) is 0 Å². The fourth-order valence-corrected chi connectivity index (χ4v) is 3.89. The molecule has 0 saturated carbocycles. The Balaban J connectivity index is 1.74. The number of thiazole rings is 1. The number of hydrogen-bond donors (Lipinski definition) is 0. The minimum absolute atomic E-state index is 0.0632. The summed E-state index contributed by atoms with van der Waals surface area (Å²) in [7, 11) is 2.57. The first-order chi connectivity index (χ1) is 14.9. The van der Waals surface area contributed by atoms with Crippen LogP contribution in [0, 0.1) is 0 Å². The Labute approximate surface area is 179 Å². The van der Waals surface area contributed by atoms with E-state index in [2.05, 4.69) is 14.5 Å². The van der Waals surface area contributed by atoms with Crippen molar-refractivity contribution < 1.29 is 42.0 Å². The van der Waals surface area contributed by atoms with Crippen LogP contribution in [0.15, 0.2) is 24.3 Å². The molecule has 0 radical (unpaired) electrons. The smallest absolute Gasteiger partial charge is 0.493 e. The lowest BCUT2D eigenvalue weighted by Crippen LogP contribution is -2.37. The number of fused-ring (bicyclic) bond motifs is 2. The van der Waals surface area contributed by atoms with Gasteiger partial charge in [0.05, 0.1) is 31.0 Å². The first kappa shape index (κ1) is 20.9. The Hall–Kier alpha value is -3.34. The molecule has 4 rings (SSSR count). The molecule has 2 aromatic carbocycles. The zero-order valence-corrected chi connectivity index (χ0v) is 17.5. The van der Waals surface area contributed by atoms with Crippen molar-refractivity contribution in [1.29, 1.82) is 0 Å². The molecule has 11 heteroatoms. The summed E-state index contributed by atoms with van der Waals surface area (Å²) in [4.78, 5) is 16.1. The number of nitrogens with zero attached hydrogens (tertiary/aromatic N) is 1. The zero-order chi connectivity index (χ0) is 22.2. The van der Waals surface area contributed by atoms with Gasteiger partial charge in [-0.3, -0.25) is 0 Å². The van der Waals surface area contributed by atoms with Crippen molar-refractivity contribution >= 4 is 27.5 Å². The van der Waals surface area contributed by atoms with Gasteiger partial charge in [0.15, 0.2) is 23.0 Å². The molecule has 0 amide bonds. The van der Waals surface area contributed by atoms with E-state index in [1.165, 1.54) is 44.6 Å². The Bertz CT molecular complexity index is 1080. The fourth-order valence-electron chi connectivity index (χ4n) is 2.93. The number of hydrogen-bond acceptors (Lipinski definition) is 9. The van der Waals surface area contributed by atoms with Gasteiger partial charge >= 0.3 is 12.1 Å². The van der Waals surface area contributed by atoms with Crippen LogP contribution >= 0.6 is 11.3 Å². The standard InChI is InChI=1S/C20H17F2NO7S/c1-4-27-19(24)20(21,22)30-17-14(25-2)5-10(6-15(17)26-3)18-23-11-7-12-13(29-9-28-12)8-16(11)31-18/h5-8H,4,9H2,1-3H3. The predicted molar refractivity (Wildman–Crippen MR) is 106 cm³/mol. The number of benzene rings is 2. The number of aromatic nitrogens is 1. The van der Waals surface area contributed by atoms with Crippen molar-refractivity contribution in [3.8, 4) is 39.3 Å². The Morgan fingerprint density at radius 3 is 2.39 bits per heavy atom. The molecule has 0 fully saturated rings. The van der Waals surface area contributed by atoms with E-state index in [9.17, 15) is 13.6 Å². The van der Waals surface area contributed by atoms with Gasteiger partial charge in [0.2, 0.25) is 12.5 Å². The summed E-state index contributed by atoms with van der Waals surface area (Å²) in [6, 6.07) is 6.53. The number of esters is 1. The highest BCUT2D eigenvalue weighted by molar-refractivity contribution is 7.21. The molecule has 31 heavy (non-hydrogen) atoms. The molecule has 0 atom stereocenters. The van der Waals surface area contributed by atoms with Gasteiger partial charge in [0.25, 0.3) is 0 Å². The molecule has 0 saturated heterocycles. The van der Waals surface area contributed by atoms with Crippen molar-refractivity contribution in [2.24, 2.45) is 0 Å². The van der Waals surface area contributed by atoms with Crippen LogP contribution in [0.25, 0.3) is 20.8 Å². The highest BCUT2D eigenvalue weighted by atomic mass is 32.1. The van der Waals surface area contributed by atoms with Crippen LogP contribution < -0.4 is 23.7 Å². The molecule has 0 unspecified atom stereocenters. The average molecular weight is 453 g/mol. The largest absolute Gasteiger partial charge is 0.502 e. The molecule has 1 aliphatic rings. The molecule has 0 aliphatic carbocycles. The minimum Gasteiger partial charge on any atom is -0.493 e. The zero-order valence-electron chi connectivity index (χ0n) is 16.7. The molecule has 1 aromatic heterocycles. The Morgan fingerprint density at radius 2 is 1.77 bits per heavy atom. The molecular formula is C20H17F2NO7S. The van der Waals surface area contributed by atoms with Crippen LogP contribution in [-0.4, -0.2) is 44.7 Å². The summed E-state index contributed by atoms with van der Waals surface area (Å²) in [5.41, 5.74) is 1.24. The highest BCUT2D eigenvalue weighted by Gasteiger charge is 2.45. The van der Waals surface area contributed by atoms with Crippen LogP contribution in [0.2, 0.25) is 0 Å². The third kappa shape index (κ3) is 3.88. The van der Waals surface area contributed by atoms with Crippen molar-refractivity contribution in [2.75, 3.05) is 27.6 Å². The molecule has 2 heterocycles. The lowest BCUT2D eigenvalue weighted by atomic mass is 10.2. The maximum Gasteiger partial charge on any atom is 0.502 e. The maximum atomic E-state index is 14.2. The summed E-state index contributed by atoms with van der Waals surface area (Å²) in [6.07, 6.45) is -4.23. The molecule has 8 nitrogen and oxygen atoms in total. The predicted octanol–water partition coefficient (Wildman–Crippen LogP) is 4.24. The summed E-state index contributed by atoms with van der Waals surface area (Å²) >= 11 is 1.36. The van der Waals surface area contributed by atoms with E-state index in [0.717, 1.165) is 4.70 Å². The summed E-state index contributed by atoms with van der Waals surface area (Å²) < 4.78 is 59.4. The number of ether oxygens (including phenoxy) is 6. The van der Waals surface area contributed by atoms with Gasteiger partial charge in [0.1, 0.15) is 5.01 Å². The highest BCUT2D eigenvalue weighted by Crippen LogP contribution is 2.46. The molecule has 0 spiro atoms. The van der Waals surface area contributed by atoms with Gasteiger partial charge in [0, 0.05) is 17.7 Å². The van der Waals surface area contributed by atoms with E-state index in [-0.39, 0.29) is 24.9 Å². The fraction of sp³-hybridized carbons (Fsp3) is 0.300. The number of rotatable bonds is 7. The normalized spacial score (nSPS) is 12.7. The topological polar surface area (TPSA) is 85.3 Å². The first-order valence-corrected chi connectivity index (χ1v) is 9.88. The number of carbonyl (C=O) groups excluding carboxylic acids is 1. The molecule has 0 N–H and O–H groups in total. The number of halogens is 2. The van der Waals surface area contributed by atoms with Crippen LogP contribution in [0.3, 0.4) is 0 Å². The van der Waals surface area contributed by atoms with Crippen LogP contribution in [0.4, 0.5) is 8.78 Å². The van der Waals surface area contributed by atoms with E-state index in [1.807, 2.05) is 6.07 Å². The van der Waals surface area contributed by atoms with E-state index in [1.54, 1.807) is 6.07 Å². The second-order valence-corrected chi connectivity index (χ2v) is 7.27. The van der Waals surface area contributed by atoms with Crippen molar-refractivity contribution in [3.05, 3.63) is 24.3 Å². The van der Waals surface area contributed by atoms with Gasteiger partial charge in [-0.25, -0.2) is 9.78 Å².